The Balaban J connectivity index is 1.84. The van der Waals surface area contributed by atoms with Crippen molar-refractivity contribution in [3.63, 3.8) is 0 Å². The van der Waals surface area contributed by atoms with Gasteiger partial charge in [-0.25, -0.2) is 9.78 Å². The fourth-order valence-electron chi connectivity index (χ4n) is 2.91. The van der Waals surface area contributed by atoms with Gasteiger partial charge in [0.1, 0.15) is 5.82 Å². The zero-order valence-electron chi connectivity index (χ0n) is 14.7. The van der Waals surface area contributed by atoms with Crippen molar-refractivity contribution in [2.45, 2.75) is 26.8 Å². The topological polar surface area (TPSA) is 60.5 Å². The predicted molar refractivity (Wildman–Crippen MR) is 93.7 cm³/mol. The smallest absolute Gasteiger partial charge is 0.320 e. The zero-order chi connectivity index (χ0) is 16.8. The Morgan fingerprint density at radius 1 is 1.26 bits per heavy atom. The number of anilines is 1. The maximum atomic E-state index is 12.1. The van der Waals surface area contributed by atoms with E-state index in [1.807, 2.05) is 19.1 Å². The Labute approximate surface area is 139 Å². The fourth-order valence-corrected chi connectivity index (χ4v) is 2.91. The first kappa shape index (κ1) is 17.7. The van der Waals surface area contributed by atoms with E-state index in [1.165, 1.54) is 0 Å². The van der Waals surface area contributed by atoms with E-state index in [-0.39, 0.29) is 6.03 Å². The Hall–Kier alpha value is -1.66. The van der Waals surface area contributed by atoms with Crippen LogP contribution in [0, 0.1) is 12.8 Å². The van der Waals surface area contributed by atoms with Crippen LogP contribution < -0.4 is 10.6 Å². The molecule has 2 N–H and O–H groups in total. The second-order valence-corrected chi connectivity index (χ2v) is 6.65. The number of carbonyl (C=O) groups is 1. The van der Waals surface area contributed by atoms with Crippen molar-refractivity contribution in [1.82, 2.24) is 20.1 Å². The molecule has 0 saturated carbocycles. The number of hydrogen-bond donors (Lipinski definition) is 2. The highest BCUT2D eigenvalue weighted by Crippen LogP contribution is 2.13. The van der Waals surface area contributed by atoms with Gasteiger partial charge in [0.2, 0.25) is 0 Å². The highest BCUT2D eigenvalue weighted by Gasteiger charge is 2.25. The van der Waals surface area contributed by atoms with E-state index in [9.17, 15) is 4.79 Å². The largest absolute Gasteiger partial charge is 0.336 e. The average Bonchev–Trinajstić information content (AvgIpc) is 2.49. The summed E-state index contributed by atoms with van der Waals surface area (Å²) in [5.74, 6) is 1.08. The summed E-state index contributed by atoms with van der Waals surface area (Å²) in [4.78, 5) is 21.2. The fraction of sp³-hybridized carbons (Fsp3) is 0.647. The maximum absolute atomic E-state index is 12.1. The SMILES string of the molecule is Cc1cccc(NC(=O)NCC(C(C)C)N2CCN(C)CC2)n1. The van der Waals surface area contributed by atoms with Crippen LogP contribution in [0.5, 0.6) is 0 Å². The molecular formula is C17H29N5O. The lowest BCUT2D eigenvalue weighted by Crippen LogP contribution is -2.54. The van der Waals surface area contributed by atoms with Crippen LogP contribution in [0.1, 0.15) is 19.5 Å². The Morgan fingerprint density at radius 3 is 2.57 bits per heavy atom. The highest BCUT2D eigenvalue weighted by atomic mass is 16.2. The van der Waals surface area contributed by atoms with Gasteiger partial charge in [-0.3, -0.25) is 10.2 Å². The highest BCUT2D eigenvalue weighted by molar-refractivity contribution is 5.88. The van der Waals surface area contributed by atoms with Gasteiger partial charge < -0.3 is 10.2 Å². The summed E-state index contributed by atoms with van der Waals surface area (Å²) >= 11 is 0. The van der Waals surface area contributed by atoms with Crippen molar-refractivity contribution in [1.29, 1.82) is 0 Å². The molecule has 6 heteroatoms. The summed E-state index contributed by atoms with van der Waals surface area (Å²) in [6.07, 6.45) is 0. The molecule has 0 bridgehead atoms. The summed E-state index contributed by atoms with van der Waals surface area (Å²) in [5, 5.41) is 5.79. The summed E-state index contributed by atoms with van der Waals surface area (Å²) < 4.78 is 0. The molecule has 1 aromatic rings. The summed E-state index contributed by atoms with van der Waals surface area (Å²) in [5.41, 5.74) is 0.889. The first-order valence-electron chi connectivity index (χ1n) is 8.37. The van der Waals surface area contributed by atoms with Gasteiger partial charge in [-0.05, 0) is 32.0 Å². The van der Waals surface area contributed by atoms with Crippen molar-refractivity contribution in [3.8, 4) is 0 Å². The molecule has 2 amide bonds. The van der Waals surface area contributed by atoms with Gasteiger partial charge >= 0.3 is 6.03 Å². The molecule has 0 aromatic carbocycles. The summed E-state index contributed by atoms with van der Waals surface area (Å²) in [6.45, 7) is 11.3. The van der Waals surface area contributed by atoms with Crippen LogP contribution in [0.2, 0.25) is 0 Å². The number of amides is 2. The lowest BCUT2D eigenvalue weighted by atomic mass is 10.0. The first-order valence-corrected chi connectivity index (χ1v) is 8.37. The lowest BCUT2D eigenvalue weighted by Gasteiger charge is -2.39. The molecule has 1 fully saturated rings. The first-order chi connectivity index (χ1) is 11.0. The molecule has 1 saturated heterocycles. The van der Waals surface area contributed by atoms with Gasteiger partial charge in [-0.1, -0.05) is 19.9 Å². The Kier molecular flexibility index (Phi) is 6.36. The number of pyridine rings is 1. The summed E-state index contributed by atoms with van der Waals surface area (Å²) in [7, 11) is 2.16. The number of carbonyl (C=O) groups excluding carboxylic acids is 1. The number of piperazine rings is 1. The molecule has 0 aliphatic carbocycles. The standard InChI is InChI=1S/C17H29N5O/c1-13(2)15(22-10-8-21(4)9-11-22)12-18-17(23)20-16-7-5-6-14(3)19-16/h5-7,13,15H,8-12H2,1-4H3,(H2,18,19,20,23). The van der Waals surface area contributed by atoms with Gasteiger partial charge in [0.15, 0.2) is 0 Å². The Bertz CT molecular complexity index is 511. The third kappa shape index (κ3) is 5.48. The molecule has 2 rings (SSSR count). The lowest BCUT2D eigenvalue weighted by molar-refractivity contribution is 0.0890. The second kappa shape index (κ2) is 8.26. The molecule has 2 heterocycles. The second-order valence-electron chi connectivity index (χ2n) is 6.65. The Morgan fingerprint density at radius 2 is 1.96 bits per heavy atom. The molecule has 1 aliphatic heterocycles. The van der Waals surface area contributed by atoms with Crippen LogP contribution in [0.4, 0.5) is 10.6 Å². The minimum Gasteiger partial charge on any atom is -0.336 e. The van der Waals surface area contributed by atoms with Gasteiger partial charge in [0, 0.05) is 44.5 Å². The molecule has 0 spiro atoms. The van der Waals surface area contributed by atoms with Crippen LogP contribution in [-0.2, 0) is 0 Å². The molecule has 0 radical (unpaired) electrons. The van der Waals surface area contributed by atoms with Gasteiger partial charge in [-0.15, -0.1) is 0 Å². The molecule has 23 heavy (non-hydrogen) atoms. The van der Waals surface area contributed by atoms with E-state index in [0.717, 1.165) is 31.9 Å². The van der Waals surface area contributed by atoms with Crippen LogP contribution in [0.25, 0.3) is 0 Å². The van der Waals surface area contributed by atoms with E-state index in [1.54, 1.807) is 6.07 Å². The minimum atomic E-state index is -0.192. The third-order valence-corrected chi connectivity index (χ3v) is 4.38. The van der Waals surface area contributed by atoms with Crippen molar-refractivity contribution < 1.29 is 4.79 Å². The molecule has 1 aromatic heterocycles. The normalized spacial score (nSPS) is 18.0. The zero-order valence-corrected chi connectivity index (χ0v) is 14.7. The molecule has 1 unspecified atom stereocenters. The number of aryl methyl sites for hydroxylation is 1. The predicted octanol–water partition coefficient (Wildman–Crippen LogP) is 1.78. The van der Waals surface area contributed by atoms with E-state index < -0.39 is 0 Å². The van der Waals surface area contributed by atoms with Crippen molar-refractivity contribution in [2.75, 3.05) is 45.1 Å². The van der Waals surface area contributed by atoms with E-state index in [0.29, 0.717) is 24.3 Å². The number of nitrogens with one attached hydrogen (secondary N) is 2. The quantitative estimate of drug-likeness (QED) is 0.868. The average molecular weight is 319 g/mol. The number of rotatable bonds is 5. The molecular weight excluding hydrogens is 290 g/mol. The van der Waals surface area contributed by atoms with Crippen LogP contribution in [-0.4, -0.2) is 66.6 Å². The number of aromatic nitrogens is 1. The van der Waals surface area contributed by atoms with Gasteiger partial charge in [-0.2, -0.15) is 0 Å². The molecule has 1 aliphatic rings. The molecule has 6 nitrogen and oxygen atoms in total. The number of hydrogen-bond acceptors (Lipinski definition) is 4. The van der Waals surface area contributed by atoms with Crippen LogP contribution in [0.3, 0.4) is 0 Å². The molecule has 1 atom stereocenters. The number of urea groups is 1. The van der Waals surface area contributed by atoms with E-state index in [2.05, 4.69) is 46.3 Å². The number of likely N-dealkylation sites (N-methyl/N-ethyl adjacent to an activating group) is 1. The molecule has 128 valence electrons. The maximum Gasteiger partial charge on any atom is 0.320 e. The summed E-state index contributed by atoms with van der Waals surface area (Å²) in [6, 6.07) is 5.76. The van der Waals surface area contributed by atoms with Gasteiger partial charge in [0.25, 0.3) is 0 Å². The van der Waals surface area contributed by atoms with Crippen LogP contribution in [0.15, 0.2) is 18.2 Å². The van der Waals surface area contributed by atoms with Crippen molar-refractivity contribution in [3.05, 3.63) is 23.9 Å². The third-order valence-electron chi connectivity index (χ3n) is 4.38. The van der Waals surface area contributed by atoms with E-state index >= 15 is 0 Å². The van der Waals surface area contributed by atoms with Gasteiger partial charge in [0.05, 0.1) is 0 Å². The monoisotopic (exact) mass is 319 g/mol. The van der Waals surface area contributed by atoms with Crippen molar-refractivity contribution in [2.24, 2.45) is 5.92 Å². The van der Waals surface area contributed by atoms with E-state index in [4.69, 9.17) is 0 Å². The number of nitrogens with zero attached hydrogens (tertiary/aromatic N) is 3. The van der Waals surface area contributed by atoms with Crippen LogP contribution >= 0.6 is 0 Å². The minimum absolute atomic E-state index is 0.192. The van der Waals surface area contributed by atoms with Crippen molar-refractivity contribution >= 4 is 11.8 Å².